The number of esters is 1. The van der Waals surface area contributed by atoms with Crippen molar-refractivity contribution in [2.75, 3.05) is 41.4 Å². The first-order valence-electron chi connectivity index (χ1n) is 22.2. The Balaban J connectivity index is 1.89. The molecular weight excluding hydrogens is 791 g/mol. The zero-order chi connectivity index (χ0) is 45.8. The maximum absolute atomic E-state index is 14.5. The standard InChI is InChI=1S/C45H79N3O13/c1-16-33-45(11,53)37(49)29(7)48(14)24-25(3)22-43(9,52)39(27(5)35(28(6)41(51)59-33)60-34-23-44(10,54-15)38(50)30(8)57-34)61-42-36(31(47(12)13)21-26(4)56-42)58-32-19-18-20-46-40(32)55-17-2/h18-20,25-31,33-39,42,49-50,52-53H,16-17,21-24H2,1-15H3/t25?,26-,27?,28?,29?,30+,31+,33?,34+,35?,36-,37?,38+,39?,42+,43?,44-,45?/m1/s1. The summed E-state index contributed by atoms with van der Waals surface area (Å²) in [5.41, 5.74) is -4.45. The Morgan fingerprint density at radius 3 is 2.25 bits per heavy atom. The van der Waals surface area contributed by atoms with Crippen molar-refractivity contribution in [2.24, 2.45) is 17.8 Å². The van der Waals surface area contributed by atoms with Gasteiger partial charge in [-0.05, 0) is 114 Å². The summed E-state index contributed by atoms with van der Waals surface area (Å²) >= 11 is 0. The Morgan fingerprint density at radius 2 is 1.64 bits per heavy atom. The molecule has 0 radical (unpaired) electrons. The Kier molecular flexibility index (Phi) is 17.9. The summed E-state index contributed by atoms with van der Waals surface area (Å²) < 4.78 is 51.4. The van der Waals surface area contributed by atoms with Crippen LogP contribution in [0.25, 0.3) is 0 Å². The van der Waals surface area contributed by atoms with E-state index >= 15 is 0 Å². The number of cyclic esters (lactones) is 1. The van der Waals surface area contributed by atoms with Crippen molar-refractivity contribution in [3.05, 3.63) is 18.3 Å². The average molecular weight is 870 g/mol. The van der Waals surface area contributed by atoms with Gasteiger partial charge in [-0.2, -0.15) is 0 Å². The molecule has 0 amide bonds. The smallest absolute Gasteiger partial charge is 0.311 e. The van der Waals surface area contributed by atoms with Gasteiger partial charge in [0.1, 0.15) is 23.9 Å². The van der Waals surface area contributed by atoms with Crippen LogP contribution < -0.4 is 9.47 Å². The van der Waals surface area contributed by atoms with Gasteiger partial charge >= 0.3 is 5.97 Å². The van der Waals surface area contributed by atoms with Crippen molar-refractivity contribution in [3.63, 3.8) is 0 Å². The number of aromatic nitrogens is 1. The molecule has 18 atom stereocenters. The molecular formula is C45H79N3O13. The first kappa shape index (κ1) is 51.4. The molecule has 0 spiro atoms. The predicted octanol–water partition coefficient (Wildman–Crippen LogP) is 3.78. The molecule has 0 saturated carbocycles. The van der Waals surface area contributed by atoms with Gasteiger partial charge in [-0.25, -0.2) is 4.98 Å². The molecule has 3 fully saturated rings. The van der Waals surface area contributed by atoms with E-state index in [1.165, 1.54) is 14.0 Å². The summed E-state index contributed by atoms with van der Waals surface area (Å²) in [6.45, 7) is 20.5. The molecule has 3 aliphatic rings. The summed E-state index contributed by atoms with van der Waals surface area (Å²) in [5, 5.41) is 47.5. The molecule has 0 bridgehead atoms. The van der Waals surface area contributed by atoms with E-state index in [2.05, 4.69) is 9.88 Å². The highest BCUT2D eigenvalue weighted by Gasteiger charge is 2.53. The van der Waals surface area contributed by atoms with E-state index in [1.807, 2.05) is 60.7 Å². The molecule has 61 heavy (non-hydrogen) atoms. The van der Waals surface area contributed by atoms with Crippen molar-refractivity contribution in [3.8, 4) is 11.6 Å². The zero-order valence-electron chi connectivity index (χ0n) is 39.4. The maximum Gasteiger partial charge on any atom is 0.311 e. The molecule has 0 aliphatic carbocycles. The van der Waals surface area contributed by atoms with Gasteiger partial charge in [0.05, 0.1) is 54.2 Å². The van der Waals surface area contributed by atoms with Crippen LogP contribution in [0.3, 0.4) is 0 Å². The molecule has 0 aromatic carbocycles. The van der Waals surface area contributed by atoms with Crippen LogP contribution in [0.15, 0.2) is 18.3 Å². The number of nitrogens with zero attached hydrogens (tertiary/aromatic N) is 3. The number of carbonyl (C=O) groups is 1. The third kappa shape index (κ3) is 11.9. The fourth-order valence-corrected chi connectivity index (χ4v) is 9.71. The van der Waals surface area contributed by atoms with E-state index in [0.29, 0.717) is 31.2 Å². The lowest BCUT2D eigenvalue weighted by Crippen LogP contribution is -2.61. The number of aliphatic hydroxyl groups excluding tert-OH is 2. The number of carbonyl (C=O) groups excluding carboxylic acids is 1. The lowest BCUT2D eigenvalue weighted by Gasteiger charge is -2.49. The molecule has 4 rings (SSSR count). The number of methoxy groups -OCH3 is 1. The minimum atomic E-state index is -1.82. The zero-order valence-corrected chi connectivity index (χ0v) is 39.4. The summed E-state index contributed by atoms with van der Waals surface area (Å²) in [7, 11) is 7.31. The first-order valence-corrected chi connectivity index (χ1v) is 22.2. The molecule has 4 N–H and O–H groups in total. The van der Waals surface area contributed by atoms with Crippen LogP contribution in [0.2, 0.25) is 0 Å². The van der Waals surface area contributed by atoms with Crippen molar-refractivity contribution < 1.29 is 63.1 Å². The molecule has 1 aromatic heterocycles. The van der Waals surface area contributed by atoms with Crippen molar-refractivity contribution in [1.29, 1.82) is 0 Å². The Hall–Kier alpha value is -2.22. The van der Waals surface area contributed by atoms with Crippen LogP contribution in [-0.4, -0.2) is 173 Å². The van der Waals surface area contributed by atoms with Crippen LogP contribution in [-0.2, 0) is 33.2 Å². The van der Waals surface area contributed by atoms with Crippen molar-refractivity contribution in [2.45, 2.75) is 192 Å². The van der Waals surface area contributed by atoms with E-state index in [9.17, 15) is 25.2 Å². The van der Waals surface area contributed by atoms with Crippen LogP contribution in [0.4, 0.5) is 0 Å². The highest BCUT2D eigenvalue weighted by atomic mass is 16.7. The second kappa shape index (κ2) is 21.2. The van der Waals surface area contributed by atoms with Gasteiger partial charge in [0.25, 0.3) is 5.88 Å². The van der Waals surface area contributed by atoms with Gasteiger partial charge in [0.2, 0.25) is 0 Å². The van der Waals surface area contributed by atoms with E-state index in [0.717, 1.165) is 0 Å². The highest BCUT2D eigenvalue weighted by Crippen LogP contribution is 2.41. The second-order valence-electron chi connectivity index (χ2n) is 19.0. The van der Waals surface area contributed by atoms with Crippen LogP contribution in [0.1, 0.15) is 102 Å². The third-order valence-corrected chi connectivity index (χ3v) is 13.5. The first-order chi connectivity index (χ1) is 28.4. The number of pyridine rings is 1. The van der Waals surface area contributed by atoms with Crippen LogP contribution in [0.5, 0.6) is 11.6 Å². The van der Waals surface area contributed by atoms with Crippen LogP contribution in [0, 0.1) is 17.8 Å². The summed E-state index contributed by atoms with van der Waals surface area (Å²) in [4.78, 5) is 22.9. The molecule has 4 heterocycles. The molecule has 16 nitrogen and oxygen atoms in total. The molecule has 16 heteroatoms. The van der Waals surface area contributed by atoms with Gasteiger partial charge in [-0.3, -0.25) is 4.79 Å². The maximum atomic E-state index is 14.5. The minimum Gasteiger partial charge on any atom is -0.478 e. The monoisotopic (exact) mass is 870 g/mol. The number of hydrogen-bond donors (Lipinski definition) is 4. The van der Waals surface area contributed by atoms with Gasteiger partial charge in [-0.15, -0.1) is 0 Å². The van der Waals surface area contributed by atoms with Gasteiger partial charge in [0.15, 0.2) is 24.4 Å². The largest absolute Gasteiger partial charge is 0.478 e. The number of likely N-dealkylation sites (N-methyl/N-ethyl adjacent to an activating group) is 2. The summed E-state index contributed by atoms with van der Waals surface area (Å²) in [5.74, 6) is -1.91. The predicted molar refractivity (Wildman–Crippen MR) is 228 cm³/mol. The van der Waals surface area contributed by atoms with Gasteiger partial charge in [-0.1, -0.05) is 20.8 Å². The fraction of sp³-hybridized carbons (Fsp3) is 0.867. The lowest BCUT2D eigenvalue weighted by molar-refractivity contribution is -0.316. The molecule has 1 aromatic rings. The Bertz CT molecular complexity index is 1540. The van der Waals surface area contributed by atoms with E-state index in [-0.39, 0.29) is 37.3 Å². The third-order valence-electron chi connectivity index (χ3n) is 13.5. The SMILES string of the molecule is CCOc1ncccc1O[C@H]1[C@H](OC2C(C)C(O[C@H]3C[C@@](C)(OC)[C@@H](O)[C@H](C)O3)C(C)C(=O)OC(CC)C(C)(O)C(O)C(C)N(C)CC(C)CC2(C)O)O[C@H](C)C[C@@H]1N(C)C. The molecule has 10 unspecified atom stereocenters. The highest BCUT2D eigenvalue weighted by molar-refractivity contribution is 5.73. The summed E-state index contributed by atoms with van der Waals surface area (Å²) in [6, 6.07) is 2.79. The number of hydrogen-bond acceptors (Lipinski definition) is 16. The lowest BCUT2D eigenvalue weighted by atomic mass is 9.77. The van der Waals surface area contributed by atoms with E-state index < -0.39 is 96.0 Å². The number of aliphatic hydroxyl groups is 4. The topological polar surface area (TPSA) is 191 Å². The minimum absolute atomic E-state index is 0.124. The van der Waals surface area contributed by atoms with E-state index in [4.69, 9.17) is 37.9 Å². The normalized spacial score (nSPS) is 43.9. The van der Waals surface area contributed by atoms with Gasteiger partial charge in [0, 0.05) is 38.2 Å². The van der Waals surface area contributed by atoms with Gasteiger partial charge < -0.3 is 68.1 Å². The fourth-order valence-electron chi connectivity index (χ4n) is 9.71. The Morgan fingerprint density at radius 1 is 0.967 bits per heavy atom. The molecule has 3 saturated heterocycles. The second-order valence-corrected chi connectivity index (χ2v) is 19.0. The number of rotatable bonds is 11. The number of ether oxygens (including phenoxy) is 8. The van der Waals surface area contributed by atoms with Crippen LogP contribution >= 0.6 is 0 Å². The average Bonchev–Trinajstić information content (AvgIpc) is 3.19. The van der Waals surface area contributed by atoms with Crippen molar-refractivity contribution >= 4 is 5.97 Å². The summed E-state index contributed by atoms with van der Waals surface area (Å²) in [6.07, 6.45) is -6.32. The van der Waals surface area contributed by atoms with Crippen molar-refractivity contribution in [1.82, 2.24) is 14.8 Å². The molecule has 3 aliphatic heterocycles. The quantitative estimate of drug-likeness (QED) is 0.235. The molecule has 352 valence electrons. The Labute approximate surface area is 364 Å². The van der Waals surface area contributed by atoms with E-state index in [1.54, 1.807) is 52.9 Å².